The van der Waals surface area contributed by atoms with E-state index in [1.54, 1.807) is 163 Å². The van der Waals surface area contributed by atoms with Gasteiger partial charge >= 0.3 is 29.5 Å². The summed E-state index contributed by atoms with van der Waals surface area (Å²) in [6.07, 6.45) is 7.20. The molecule has 0 unspecified atom stereocenters. The molecule has 0 aliphatic carbocycles. The third-order valence-corrected chi connectivity index (χ3v) is 19.9. The fourth-order valence-electron chi connectivity index (χ4n) is 13.2. The van der Waals surface area contributed by atoms with Crippen molar-refractivity contribution in [2.75, 3.05) is 37.7 Å². The van der Waals surface area contributed by atoms with Crippen molar-refractivity contribution >= 4 is 141 Å². The monoisotopic (exact) mass is 1640 g/mol. The van der Waals surface area contributed by atoms with Gasteiger partial charge in [-0.15, -0.1) is 0 Å². The van der Waals surface area contributed by atoms with Crippen LogP contribution in [0.5, 0.6) is 0 Å². The normalized spacial score (nSPS) is 12.6. The molecule has 7 aromatic carbocycles. The van der Waals surface area contributed by atoms with Gasteiger partial charge in [-0.3, -0.25) is 49.0 Å². The highest BCUT2D eigenvalue weighted by atomic mass is 35.5. The molecule has 12 rings (SSSR count). The van der Waals surface area contributed by atoms with Crippen molar-refractivity contribution < 1.29 is 62.3 Å². The second-order valence-corrected chi connectivity index (χ2v) is 29.2. The Bertz CT molecular complexity index is 6050. The lowest BCUT2D eigenvalue weighted by atomic mass is 10.00. The van der Waals surface area contributed by atoms with Crippen LogP contribution in [0.25, 0.3) is 53.9 Å². The maximum atomic E-state index is 13.1. The Balaban J connectivity index is 0.000000187. The van der Waals surface area contributed by atoms with Gasteiger partial charge in [0.05, 0.1) is 70.8 Å². The number of anilines is 3. The number of nitrogens with one attached hydrogen (secondary N) is 2. The van der Waals surface area contributed by atoms with Gasteiger partial charge in [-0.25, -0.2) is 24.0 Å². The predicted octanol–water partition coefficient (Wildman–Crippen LogP) is 15.4. The molecule has 117 heavy (non-hydrogen) atoms. The van der Waals surface area contributed by atoms with Gasteiger partial charge in [0.2, 0.25) is 11.8 Å². The highest BCUT2D eigenvalue weighted by Crippen LogP contribution is 2.32. The lowest BCUT2D eigenvalue weighted by Gasteiger charge is -2.22. The van der Waals surface area contributed by atoms with Crippen molar-refractivity contribution in [2.24, 2.45) is 23.7 Å². The SMILES string of the molecule is CC(C)[C@H](C(=O)O)n1ccc2c(NC(=O)[C@@H](C)c3ccc(Cl)cc3)cccc2c1=O.COC(=O)[C@@H](C(C)C)n1ccc2c(N)cccc2c1=O.COC(=O)[C@@H](C(C)C)n1ccc2c(NC(=O)[C@@H](C)c3ccc(Cl)cc3)cccc2c1=O.COC(=O)[C@@H](C(C)C)n1ccc2c([N+](=O)[O-])cccc2c1=O.O=c1occc2c([N+](=O)[O-])cccc12. The Labute approximate surface area is 679 Å². The molecule has 6 atom stereocenters. The molecule has 29 nitrogen and oxygen atoms in total. The van der Waals surface area contributed by atoms with E-state index in [2.05, 4.69) is 15.1 Å². The second kappa shape index (κ2) is 39.6. The van der Waals surface area contributed by atoms with E-state index in [-0.39, 0.29) is 74.1 Å². The third kappa shape index (κ3) is 20.6. The topological polar surface area (TPSA) is 405 Å². The number of hydrogen-bond acceptors (Lipinski definition) is 20. The summed E-state index contributed by atoms with van der Waals surface area (Å²) in [6.45, 7) is 18.2. The maximum absolute atomic E-state index is 13.1. The molecule has 12 aromatic rings. The number of nitro benzene ring substituents is 2. The van der Waals surface area contributed by atoms with E-state index in [4.69, 9.17) is 43.1 Å². The summed E-state index contributed by atoms with van der Waals surface area (Å²) in [5.74, 6) is -4.36. The molecule has 5 N–H and O–H groups in total. The van der Waals surface area contributed by atoms with Crippen LogP contribution in [0, 0.1) is 43.9 Å². The first-order valence-electron chi connectivity index (χ1n) is 36.7. The minimum absolute atomic E-state index is 0.0568. The van der Waals surface area contributed by atoms with Crippen molar-refractivity contribution in [3.05, 3.63) is 294 Å². The number of fused-ring (bicyclic) bond motifs is 5. The van der Waals surface area contributed by atoms with E-state index in [0.717, 1.165) is 17.4 Å². The number of carbonyl (C=O) groups is 6. The summed E-state index contributed by atoms with van der Waals surface area (Å²) in [4.78, 5) is 156. The number of carboxylic acid groups (broad SMARTS) is 1. The van der Waals surface area contributed by atoms with Gasteiger partial charge in [0, 0.05) is 96.3 Å². The zero-order chi connectivity index (χ0) is 86.1. The number of non-ortho nitro benzene ring substituents is 2. The minimum atomic E-state index is -1.06. The zero-order valence-corrected chi connectivity index (χ0v) is 67.6. The van der Waals surface area contributed by atoms with Crippen LogP contribution in [0.15, 0.2) is 229 Å². The number of amides is 2. The molecule has 31 heteroatoms. The van der Waals surface area contributed by atoms with Gasteiger partial charge < -0.3 is 58.4 Å². The van der Waals surface area contributed by atoms with Crippen LogP contribution in [0.3, 0.4) is 0 Å². The molecule has 0 saturated carbocycles. The molecule has 0 radical (unpaired) electrons. The largest absolute Gasteiger partial charge is 0.480 e. The number of rotatable bonds is 20. The Morgan fingerprint density at radius 2 is 0.701 bits per heavy atom. The average Bonchev–Trinajstić information content (AvgIpc) is 0.787. The number of halogens is 2. The van der Waals surface area contributed by atoms with Crippen LogP contribution >= 0.6 is 23.2 Å². The van der Waals surface area contributed by atoms with Crippen LogP contribution in [-0.2, 0) is 43.0 Å². The maximum Gasteiger partial charge on any atom is 0.343 e. The summed E-state index contributed by atoms with van der Waals surface area (Å²) in [5.41, 5.74) is 6.89. The van der Waals surface area contributed by atoms with Crippen molar-refractivity contribution in [3.8, 4) is 0 Å². The number of nitro groups is 2. The summed E-state index contributed by atoms with van der Waals surface area (Å²) in [5, 5.41) is 42.3. The lowest BCUT2D eigenvalue weighted by molar-refractivity contribution is -0.383. The highest BCUT2D eigenvalue weighted by Gasteiger charge is 2.31. The summed E-state index contributed by atoms with van der Waals surface area (Å²) < 4.78 is 24.3. The third-order valence-electron chi connectivity index (χ3n) is 19.4. The number of aliphatic carboxylic acids is 1. The molecule has 2 amide bonds. The summed E-state index contributed by atoms with van der Waals surface area (Å²) in [6, 6.07) is 43.0. The van der Waals surface area contributed by atoms with Gasteiger partial charge in [0.1, 0.15) is 24.2 Å². The molecule has 610 valence electrons. The second-order valence-electron chi connectivity index (χ2n) is 28.3. The van der Waals surface area contributed by atoms with E-state index < -0.39 is 86.5 Å². The van der Waals surface area contributed by atoms with E-state index in [0.29, 0.717) is 64.8 Å². The smallest absolute Gasteiger partial charge is 0.343 e. The number of ether oxygens (including phenoxy) is 3. The zero-order valence-electron chi connectivity index (χ0n) is 66.0. The Hall–Kier alpha value is -13.4. The van der Waals surface area contributed by atoms with Gasteiger partial charge in [-0.1, -0.05) is 133 Å². The molecule has 0 aliphatic rings. The summed E-state index contributed by atoms with van der Waals surface area (Å²) in [7, 11) is 3.88. The first-order valence-corrected chi connectivity index (χ1v) is 37.4. The number of carboxylic acids is 1. The number of aromatic nitrogens is 4. The number of hydrogen-bond donors (Lipinski definition) is 4. The van der Waals surface area contributed by atoms with Crippen molar-refractivity contribution in [1.82, 2.24) is 18.3 Å². The lowest BCUT2D eigenvalue weighted by Crippen LogP contribution is -2.33. The number of methoxy groups -OCH3 is 3. The number of pyridine rings is 4. The first kappa shape index (κ1) is 89.1. The van der Waals surface area contributed by atoms with Gasteiger partial charge in [0.25, 0.3) is 33.6 Å². The molecule has 0 saturated heterocycles. The standard InChI is InChI=1S/C24H25ClN2O4.C23H23ClN2O4.C15H16N2O5.C15H18N2O3.C9H5NO4/c1-14(2)21(24(30)31-4)27-13-12-18-19(23(27)29)6-5-7-20(18)26-22(28)15(3)16-8-10-17(25)11-9-16;1-13(2)20(23(29)30)26-12-11-17-18(22(26)28)5-4-6-19(17)25-21(27)14(3)15-7-9-16(24)10-8-15;1-9(2)13(15(19)22-3)16-8-7-10-11(14(16)18)5-4-6-12(10)17(20)21;1-9(2)13(15(19)20-3)17-8-7-10-11(14(17)18)5-4-6-12(10)16;11-9-7-2-1-3-8(10(12)13)6(7)4-5-14-9/h5-15,21H,1-4H3,(H,26,28);4-14,20H,1-3H3,(H,25,27)(H,29,30);4-9,13H,1-3H3;4-9,13H,16H2,1-3H3;1-5H/t15-,21+;14-,20+;2*13-;/m0011./s1. The Kier molecular flexibility index (Phi) is 30.1. The highest BCUT2D eigenvalue weighted by molar-refractivity contribution is 6.31. The number of esters is 3. The molecule has 0 aliphatic heterocycles. The number of nitrogen functional groups attached to an aromatic ring is 1. The van der Waals surface area contributed by atoms with Crippen LogP contribution in [-0.4, -0.2) is 90.2 Å². The van der Waals surface area contributed by atoms with E-state index in [1.807, 2.05) is 39.8 Å². The minimum Gasteiger partial charge on any atom is -0.480 e. The van der Waals surface area contributed by atoms with Crippen molar-refractivity contribution in [3.63, 3.8) is 0 Å². The number of benzene rings is 7. The van der Waals surface area contributed by atoms with Crippen LogP contribution in [0.4, 0.5) is 28.4 Å². The fraction of sp³-hybridized carbons (Fsp3) is 0.267. The molecule has 5 heterocycles. The predicted molar refractivity (Wildman–Crippen MR) is 449 cm³/mol. The Morgan fingerprint density at radius 3 is 1.04 bits per heavy atom. The van der Waals surface area contributed by atoms with E-state index >= 15 is 0 Å². The average molecular weight is 1640 g/mol. The van der Waals surface area contributed by atoms with Crippen LogP contribution in [0.2, 0.25) is 10.0 Å². The van der Waals surface area contributed by atoms with Crippen molar-refractivity contribution in [2.45, 2.75) is 105 Å². The molecule has 0 bridgehead atoms. The van der Waals surface area contributed by atoms with Gasteiger partial charge in [-0.2, -0.15) is 0 Å². The molecule has 0 spiro atoms. The number of nitrogens with two attached hydrogens (primary N) is 1. The van der Waals surface area contributed by atoms with Crippen LogP contribution < -0.4 is 44.2 Å². The quantitative estimate of drug-likeness (QED) is 0.0181. The molecular weight excluding hydrogens is 1550 g/mol. The number of carbonyl (C=O) groups excluding carboxylic acids is 5. The van der Waals surface area contributed by atoms with Crippen molar-refractivity contribution in [1.29, 1.82) is 0 Å². The van der Waals surface area contributed by atoms with Crippen LogP contribution in [0.1, 0.15) is 116 Å². The van der Waals surface area contributed by atoms with Gasteiger partial charge in [-0.05, 0) is 152 Å². The van der Waals surface area contributed by atoms with E-state index in [1.165, 1.54) is 101 Å². The summed E-state index contributed by atoms with van der Waals surface area (Å²) >= 11 is 11.8. The number of nitrogens with zero attached hydrogens (tertiary/aromatic N) is 6. The first-order chi connectivity index (χ1) is 55.5. The molecule has 0 fully saturated rings. The fourth-order valence-corrected chi connectivity index (χ4v) is 13.5. The van der Waals surface area contributed by atoms with Gasteiger partial charge in [0.15, 0.2) is 0 Å². The molecular formula is C86H87Cl2N9O20. The van der Waals surface area contributed by atoms with E-state index in [9.17, 15) is 78.1 Å². The molecule has 5 aromatic heterocycles. The Morgan fingerprint density at radius 1 is 0.402 bits per heavy atom.